The fourth-order valence-electron chi connectivity index (χ4n) is 4.79. The van der Waals surface area contributed by atoms with E-state index in [4.69, 9.17) is 16.5 Å². The number of nitrogen functional groups attached to an aromatic ring is 1. The third-order valence-corrected chi connectivity index (χ3v) is 7.32. The maximum Gasteiger partial charge on any atom is 0.300 e. The number of piperidine rings is 1. The molecule has 3 unspecified atom stereocenters. The maximum atomic E-state index is 13.7. The summed E-state index contributed by atoms with van der Waals surface area (Å²) >= 11 is 0. The number of carbonyl (C=O) groups is 1. The van der Waals surface area contributed by atoms with Gasteiger partial charge in [-0.2, -0.15) is 8.78 Å². The number of alkyl halides is 2. The summed E-state index contributed by atoms with van der Waals surface area (Å²) in [5.74, 6) is 0.212. The Kier molecular flexibility index (Phi) is 7.95. The first-order valence-corrected chi connectivity index (χ1v) is 13.2. The molecule has 0 radical (unpaired) electrons. The molecule has 1 aromatic heterocycles. The van der Waals surface area contributed by atoms with E-state index < -0.39 is 29.4 Å². The third-order valence-electron chi connectivity index (χ3n) is 7.03. The van der Waals surface area contributed by atoms with Gasteiger partial charge in [-0.3, -0.25) is 14.8 Å². The van der Waals surface area contributed by atoms with E-state index in [1.807, 2.05) is 26.0 Å². The van der Waals surface area contributed by atoms with Gasteiger partial charge in [0.2, 0.25) is 0 Å². The lowest BCUT2D eigenvalue weighted by Gasteiger charge is -2.39. The number of amides is 1. The lowest BCUT2D eigenvalue weighted by molar-refractivity contribution is 0.0696. The highest BCUT2D eigenvalue weighted by Crippen LogP contribution is 2.40. The van der Waals surface area contributed by atoms with Crippen molar-refractivity contribution in [3.8, 4) is 0 Å². The van der Waals surface area contributed by atoms with Crippen LogP contribution in [-0.4, -0.2) is 45.3 Å². The highest BCUT2D eigenvalue weighted by atomic mass is 31.0. The van der Waals surface area contributed by atoms with Crippen LogP contribution in [0.3, 0.4) is 0 Å². The van der Waals surface area contributed by atoms with E-state index >= 15 is 0 Å². The largest absolute Gasteiger partial charge is 0.400 e. The molecule has 2 fully saturated rings. The number of benzene rings is 1. The van der Waals surface area contributed by atoms with Gasteiger partial charge in [-0.15, -0.1) is 0 Å². The summed E-state index contributed by atoms with van der Waals surface area (Å²) in [7, 11) is 1.41. The van der Waals surface area contributed by atoms with Crippen LogP contribution in [0, 0.1) is 0 Å². The number of anilines is 1. The van der Waals surface area contributed by atoms with Gasteiger partial charge in [0.15, 0.2) is 0 Å². The molecule has 1 saturated heterocycles. The van der Waals surface area contributed by atoms with Crippen molar-refractivity contribution in [2.24, 2.45) is 10.7 Å². The Morgan fingerprint density at radius 1 is 1.30 bits per heavy atom. The average Bonchev–Trinajstić information content (AvgIpc) is 3.72. The number of aliphatic imine (C=N–C) groups is 1. The number of nitrogens with zero attached hydrogens (tertiary/aromatic N) is 3. The van der Waals surface area contributed by atoms with E-state index in [0.29, 0.717) is 37.3 Å². The van der Waals surface area contributed by atoms with E-state index in [1.165, 1.54) is 27.6 Å². The second-order valence-corrected chi connectivity index (χ2v) is 10.4. The zero-order valence-corrected chi connectivity index (χ0v) is 22.3. The summed E-state index contributed by atoms with van der Waals surface area (Å²) in [6.45, 7) is 4.08. The topological polar surface area (TPSA) is 118 Å². The minimum absolute atomic E-state index is 0.0430. The SMILES string of the molecule is CCC(O)/C(N)=C1/C(=Nc2ccc(C3CC3)cc2)CCN(C(=O)c2cnc(C(F)(F)P)cc2N)C1CC. The highest BCUT2D eigenvalue weighted by molar-refractivity contribution is 7.17. The molecule has 0 bridgehead atoms. The average molecular weight is 530 g/mol. The zero-order valence-electron chi connectivity index (χ0n) is 21.1. The van der Waals surface area contributed by atoms with Crippen molar-refractivity contribution < 1.29 is 18.7 Å². The number of likely N-dealkylation sites (tertiary alicyclic amines) is 1. The molecule has 5 N–H and O–H groups in total. The third kappa shape index (κ3) is 5.83. The zero-order chi connectivity index (χ0) is 26.9. The fourth-order valence-corrected chi connectivity index (χ4v) is 4.95. The van der Waals surface area contributed by atoms with Crippen LogP contribution >= 0.6 is 9.24 Å². The van der Waals surface area contributed by atoms with Crippen molar-refractivity contribution in [1.82, 2.24) is 9.88 Å². The molecule has 2 heterocycles. The summed E-state index contributed by atoms with van der Waals surface area (Å²) < 4.78 is 27.3. The molecule has 1 aliphatic carbocycles. The fraction of sp³-hybridized carbons (Fsp3) is 0.444. The number of aromatic nitrogens is 1. The van der Waals surface area contributed by atoms with E-state index in [0.717, 1.165) is 23.7 Å². The second-order valence-electron chi connectivity index (χ2n) is 9.67. The van der Waals surface area contributed by atoms with Crippen LogP contribution in [0.15, 0.2) is 52.8 Å². The van der Waals surface area contributed by atoms with E-state index in [2.05, 4.69) is 17.1 Å². The summed E-state index contributed by atoms with van der Waals surface area (Å²) in [6.07, 6.45) is 3.97. The minimum Gasteiger partial charge on any atom is -0.400 e. The summed E-state index contributed by atoms with van der Waals surface area (Å²) in [6, 6.07) is 8.71. The Morgan fingerprint density at radius 3 is 2.51 bits per heavy atom. The molecule has 1 aliphatic heterocycles. The molecule has 3 atom stereocenters. The van der Waals surface area contributed by atoms with Crippen LogP contribution in [0.1, 0.15) is 73.5 Å². The van der Waals surface area contributed by atoms with Crippen molar-refractivity contribution in [2.45, 2.75) is 69.7 Å². The number of pyridine rings is 1. The minimum atomic E-state index is -3.25. The van der Waals surface area contributed by atoms with Crippen LogP contribution in [0.25, 0.3) is 0 Å². The van der Waals surface area contributed by atoms with Crippen molar-refractivity contribution in [1.29, 1.82) is 0 Å². The van der Waals surface area contributed by atoms with Crippen LogP contribution in [0.4, 0.5) is 20.2 Å². The molecule has 2 aliphatic rings. The Labute approximate surface area is 218 Å². The number of carbonyl (C=O) groups excluding carboxylic acids is 1. The number of rotatable bonds is 7. The molecule has 1 saturated carbocycles. The molecule has 10 heteroatoms. The molecule has 7 nitrogen and oxygen atoms in total. The van der Waals surface area contributed by atoms with Gasteiger partial charge in [-0.1, -0.05) is 35.2 Å². The molecule has 37 heavy (non-hydrogen) atoms. The Hall–Kier alpha value is -2.90. The number of halogens is 2. The van der Waals surface area contributed by atoms with Gasteiger partial charge >= 0.3 is 0 Å². The normalized spacial score (nSPS) is 21.7. The van der Waals surface area contributed by atoms with Crippen LogP contribution in [0.2, 0.25) is 0 Å². The number of aliphatic hydroxyl groups excluding tert-OH is 1. The van der Waals surface area contributed by atoms with E-state index in [9.17, 15) is 18.7 Å². The highest BCUT2D eigenvalue weighted by Gasteiger charge is 2.37. The van der Waals surface area contributed by atoms with Crippen molar-refractivity contribution in [3.63, 3.8) is 0 Å². The Balaban J connectivity index is 1.70. The van der Waals surface area contributed by atoms with Crippen molar-refractivity contribution >= 4 is 32.2 Å². The molecule has 1 amide bonds. The summed E-state index contributed by atoms with van der Waals surface area (Å²) in [5, 5.41) is 10.6. The molecule has 0 spiro atoms. The quantitative estimate of drug-likeness (QED) is 0.444. The van der Waals surface area contributed by atoms with Crippen LogP contribution < -0.4 is 11.5 Å². The molecule has 1 aromatic carbocycles. The van der Waals surface area contributed by atoms with Gasteiger partial charge in [0.1, 0.15) is 5.69 Å². The summed E-state index contributed by atoms with van der Waals surface area (Å²) in [4.78, 5) is 23.8. The summed E-state index contributed by atoms with van der Waals surface area (Å²) in [5.41, 5.74) is 12.4. The molecular formula is C27H34F2N5O2P. The van der Waals surface area contributed by atoms with Gasteiger partial charge in [-0.05, 0) is 55.4 Å². The predicted molar refractivity (Wildman–Crippen MR) is 145 cm³/mol. The predicted octanol–water partition coefficient (Wildman–Crippen LogP) is 4.85. The van der Waals surface area contributed by atoms with Crippen LogP contribution in [-0.2, 0) is 5.66 Å². The number of hydrogen-bond acceptors (Lipinski definition) is 6. The van der Waals surface area contributed by atoms with Gasteiger partial charge in [0.25, 0.3) is 11.6 Å². The van der Waals surface area contributed by atoms with Gasteiger partial charge in [0.05, 0.1) is 23.4 Å². The van der Waals surface area contributed by atoms with Gasteiger partial charge < -0.3 is 21.5 Å². The first kappa shape index (κ1) is 27.1. The van der Waals surface area contributed by atoms with Gasteiger partial charge in [0, 0.05) is 41.8 Å². The van der Waals surface area contributed by atoms with E-state index in [-0.39, 0.29) is 16.9 Å². The Morgan fingerprint density at radius 2 is 1.97 bits per heavy atom. The monoisotopic (exact) mass is 529 g/mol. The first-order chi connectivity index (χ1) is 17.5. The van der Waals surface area contributed by atoms with E-state index in [1.54, 1.807) is 4.90 Å². The molecular weight excluding hydrogens is 495 g/mol. The lowest BCUT2D eigenvalue weighted by Crippen LogP contribution is -2.49. The Bertz CT molecular complexity index is 1220. The number of nitrogens with two attached hydrogens (primary N) is 2. The maximum absolute atomic E-state index is 13.7. The smallest absolute Gasteiger partial charge is 0.300 e. The molecule has 198 valence electrons. The van der Waals surface area contributed by atoms with Crippen molar-refractivity contribution in [3.05, 3.63) is 64.6 Å². The molecule has 2 aromatic rings. The van der Waals surface area contributed by atoms with Crippen molar-refractivity contribution in [2.75, 3.05) is 12.3 Å². The molecule has 4 rings (SSSR count). The first-order valence-electron chi connectivity index (χ1n) is 12.6. The number of hydrogen-bond donors (Lipinski definition) is 3. The van der Waals surface area contributed by atoms with Crippen LogP contribution in [0.5, 0.6) is 0 Å². The second kappa shape index (κ2) is 10.8. The lowest BCUT2D eigenvalue weighted by atomic mass is 9.87. The van der Waals surface area contributed by atoms with Gasteiger partial charge in [-0.25, -0.2) is 0 Å². The standard InChI is InChI=1S/C27H34F2N5O2P/c1-3-21-24(25(31)22(35)4-2)20(33-17-9-7-16(8-10-17)15-5-6-15)11-12-34(21)26(36)18-14-32-23(13-19(18)30)27(28,29)37/h7-10,13-15,21-22,35H,3-6,11-12,31,37H2,1-2H3,(H2,30,32)/b25-24+,33-20?. The number of aliphatic hydroxyl groups is 1.